The lowest BCUT2D eigenvalue weighted by Gasteiger charge is -2.28. The number of fused-ring (bicyclic) bond motifs is 1. The zero-order valence-corrected chi connectivity index (χ0v) is 20.4. The maximum Gasteiger partial charge on any atom is 0.224 e. The third kappa shape index (κ3) is 5.19. The molecule has 7 heteroatoms. The van der Waals surface area contributed by atoms with E-state index in [0.717, 1.165) is 87.0 Å². The molecule has 0 spiro atoms. The Balaban J connectivity index is 1.44. The van der Waals surface area contributed by atoms with Crippen LogP contribution in [0.25, 0.3) is 22.3 Å². The molecule has 5 rings (SSSR count). The van der Waals surface area contributed by atoms with Gasteiger partial charge in [-0.3, -0.25) is 0 Å². The maximum absolute atomic E-state index is 9.92. The number of aliphatic hydroxyl groups excluding tert-OH is 1. The van der Waals surface area contributed by atoms with Crippen LogP contribution in [0.1, 0.15) is 64.7 Å². The first kappa shape index (κ1) is 23.1. The lowest BCUT2D eigenvalue weighted by Crippen LogP contribution is -2.29. The van der Waals surface area contributed by atoms with Crippen molar-refractivity contribution in [1.82, 2.24) is 19.7 Å². The van der Waals surface area contributed by atoms with Gasteiger partial charge in [0.1, 0.15) is 5.69 Å². The van der Waals surface area contributed by atoms with Gasteiger partial charge >= 0.3 is 0 Å². The predicted octanol–water partition coefficient (Wildman–Crippen LogP) is 5.25. The molecule has 1 saturated heterocycles. The van der Waals surface area contributed by atoms with Crippen molar-refractivity contribution < 1.29 is 5.11 Å². The van der Waals surface area contributed by atoms with Gasteiger partial charge in [0.2, 0.25) is 5.95 Å². The number of hydrogen-bond donors (Lipinski definition) is 2. The van der Waals surface area contributed by atoms with Crippen molar-refractivity contribution in [2.75, 3.05) is 29.9 Å². The Labute approximate surface area is 202 Å². The van der Waals surface area contributed by atoms with Crippen LogP contribution in [0.4, 0.5) is 11.6 Å². The number of benzene rings is 1. The van der Waals surface area contributed by atoms with Crippen molar-refractivity contribution in [3.63, 3.8) is 0 Å². The number of rotatable bonds is 8. The van der Waals surface area contributed by atoms with Crippen molar-refractivity contribution in [3.05, 3.63) is 30.5 Å². The van der Waals surface area contributed by atoms with Crippen LogP contribution in [0.2, 0.25) is 0 Å². The molecule has 182 valence electrons. The summed E-state index contributed by atoms with van der Waals surface area (Å²) in [6.07, 6.45) is 11.8. The van der Waals surface area contributed by atoms with E-state index in [-0.39, 0.29) is 6.10 Å². The SMILES string of the molecule is CCCCNc1ncc2c(-c3ccc(N4CCCCC4)cc3)nn(CC3CCC(O)CC3)c2n1. The van der Waals surface area contributed by atoms with E-state index >= 15 is 0 Å². The summed E-state index contributed by atoms with van der Waals surface area (Å²) in [5.74, 6) is 1.19. The molecule has 7 nitrogen and oxygen atoms in total. The Bertz CT molecular complexity index is 1060. The summed E-state index contributed by atoms with van der Waals surface area (Å²) in [6.45, 7) is 6.19. The molecule has 3 aromatic rings. The number of unbranched alkanes of at least 4 members (excludes halogenated alkanes) is 1. The molecular formula is C27H38N6O. The highest BCUT2D eigenvalue weighted by Crippen LogP contribution is 2.32. The van der Waals surface area contributed by atoms with Crippen LogP contribution in [0.15, 0.2) is 30.5 Å². The highest BCUT2D eigenvalue weighted by molar-refractivity contribution is 5.91. The van der Waals surface area contributed by atoms with Crippen LogP contribution in [0, 0.1) is 5.92 Å². The molecule has 1 aliphatic carbocycles. The minimum absolute atomic E-state index is 0.142. The molecule has 2 aromatic heterocycles. The number of aromatic nitrogens is 4. The van der Waals surface area contributed by atoms with Crippen LogP contribution >= 0.6 is 0 Å². The molecule has 2 fully saturated rings. The second-order valence-electron chi connectivity index (χ2n) is 10.0. The fraction of sp³-hybridized carbons (Fsp3) is 0.593. The largest absolute Gasteiger partial charge is 0.393 e. The van der Waals surface area contributed by atoms with Gasteiger partial charge in [0.15, 0.2) is 5.65 Å². The number of piperidine rings is 1. The third-order valence-electron chi connectivity index (χ3n) is 7.41. The highest BCUT2D eigenvalue weighted by Gasteiger charge is 2.23. The molecule has 0 amide bonds. The monoisotopic (exact) mass is 462 g/mol. The lowest BCUT2D eigenvalue weighted by atomic mass is 9.87. The summed E-state index contributed by atoms with van der Waals surface area (Å²) in [4.78, 5) is 12.0. The Morgan fingerprint density at radius 3 is 2.53 bits per heavy atom. The van der Waals surface area contributed by atoms with Crippen LogP contribution in [0.3, 0.4) is 0 Å². The van der Waals surface area contributed by atoms with E-state index < -0.39 is 0 Å². The first-order valence-electron chi connectivity index (χ1n) is 13.2. The van der Waals surface area contributed by atoms with E-state index in [1.165, 1.54) is 24.9 Å². The first-order valence-corrected chi connectivity index (χ1v) is 13.2. The number of nitrogens with zero attached hydrogens (tertiary/aromatic N) is 5. The Kier molecular flexibility index (Phi) is 7.28. The molecule has 2 aliphatic rings. The van der Waals surface area contributed by atoms with E-state index in [1.807, 2.05) is 6.20 Å². The summed E-state index contributed by atoms with van der Waals surface area (Å²) in [5.41, 5.74) is 4.26. The number of hydrogen-bond acceptors (Lipinski definition) is 6. The van der Waals surface area contributed by atoms with E-state index in [2.05, 4.69) is 51.1 Å². The van der Waals surface area contributed by atoms with Crippen molar-refractivity contribution in [2.24, 2.45) is 5.92 Å². The molecular weight excluding hydrogens is 424 g/mol. The van der Waals surface area contributed by atoms with Crippen molar-refractivity contribution in [3.8, 4) is 11.3 Å². The molecule has 0 atom stereocenters. The van der Waals surface area contributed by atoms with Gasteiger partial charge < -0.3 is 15.3 Å². The normalized spacial score (nSPS) is 21.2. The second kappa shape index (κ2) is 10.7. The zero-order valence-electron chi connectivity index (χ0n) is 20.4. The summed E-state index contributed by atoms with van der Waals surface area (Å²) >= 11 is 0. The number of anilines is 2. The molecule has 1 aromatic carbocycles. The highest BCUT2D eigenvalue weighted by atomic mass is 16.3. The Morgan fingerprint density at radius 1 is 1.03 bits per heavy atom. The summed E-state index contributed by atoms with van der Waals surface area (Å²) < 4.78 is 2.08. The van der Waals surface area contributed by atoms with Crippen molar-refractivity contribution in [2.45, 2.75) is 77.4 Å². The summed E-state index contributed by atoms with van der Waals surface area (Å²) in [6, 6.07) is 8.85. The zero-order chi connectivity index (χ0) is 23.3. The number of nitrogens with one attached hydrogen (secondary N) is 1. The average Bonchev–Trinajstić information content (AvgIpc) is 3.24. The molecule has 0 unspecified atom stereocenters. The molecule has 0 radical (unpaired) electrons. The van der Waals surface area contributed by atoms with Gasteiger partial charge in [-0.1, -0.05) is 25.5 Å². The molecule has 3 heterocycles. The van der Waals surface area contributed by atoms with E-state index in [1.54, 1.807) is 0 Å². The minimum Gasteiger partial charge on any atom is -0.393 e. The standard InChI is InChI=1S/C27H38N6O/c1-2-3-15-28-27-29-18-24-25(21-9-11-22(12-10-21)32-16-5-4-6-17-32)31-33(26(24)30-27)19-20-7-13-23(34)14-8-20/h9-12,18,20,23,34H,2-8,13-17,19H2,1H3,(H,28,29,30). The second-order valence-corrected chi connectivity index (χ2v) is 10.0. The topological polar surface area (TPSA) is 79.1 Å². The molecule has 1 saturated carbocycles. The number of aliphatic hydroxyl groups is 1. The van der Waals surface area contributed by atoms with Gasteiger partial charge in [-0.25, -0.2) is 9.67 Å². The van der Waals surface area contributed by atoms with Gasteiger partial charge in [-0.05, 0) is 69.4 Å². The minimum atomic E-state index is -0.142. The smallest absolute Gasteiger partial charge is 0.224 e. The fourth-order valence-corrected chi connectivity index (χ4v) is 5.32. The fourth-order valence-electron chi connectivity index (χ4n) is 5.32. The van der Waals surface area contributed by atoms with Gasteiger partial charge in [0.25, 0.3) is 0 Å². The Morgan fingerprint density at radius 2 is 1.79 bits per heavy atom. The summed E-state index contributed by atoms with van der Waals surface area (Å²) in [7, 11) is 0. The van der Waals surface area contributed by atoms with Crippen molar-refractivity contribution in [1.29, 1.82) is 0 Å². The predicted molar refractivity (Wildman–Crippen MR) is 138 cm³/mol. The Hall–Kier alpha value is -2.67. The van der Waals surface area contributed by atoms with Gasteiger partial charge in [-0.15, -0.1) is 0 Å². The molecule has 1 aliphatic heterocycles. The maximum atomic E-state index is 9.92. The van der Waals surface area contributed by atoms with E-state index in [4.69, 9.17) is 10.1 Å². The lowest BCUT2D eigenvalue weighted by molar-refractivity contribution is 0.103. The van der Waals surface area contributed by atoms with Gasteiger partial charge in [0, 0.05) is 43.6 Å². The molecule has 0 bridgehead atoms. The van der Waals surface area contributed by atoms with Crippen LogP contribution < -0.4 is 10.2 Å². The van der Waals surface area contributed by atoms with Crippen LogP contribution in [0.5, 0.6) is 0 Å². The first-order chi connectivity index (χ1) is 16.7. The average molecular weight is 463 g/mol. The van der Waals surface area contributed by atoms with Crippen LogP contribution in [-0.2, 0) is 6.54 Å². The molecule has 2 N–H and O–H groups in total. The van der Waals surface area contributed by atoms with E-state index in [9.17, 15) is 5.11 Å². The van der Waals surface area contributed by atoms with Gasteiger partial charge in [0.05, 0.1) is 11.5 Å². The molecule has 34 heavy (non-hydrogen) atoms. The van der Waals surface area contributed by atoms with E-state index in [0.29, 0.717) is 11.9 Å². The van der Waals surface area contributed by atoms with Crippen molar-refractivity contribution >= 4 is 22.7 Å². The van der Waals surface area contributed by atoms with Gasteiger partial charge in [-0.2, -0.15) is 10.1 Å². The quantitative estimate of drug-likeness (QED) is 0.445. The van der Waals surface area contributed by atoms with Crippen LogP contribution in [-0.4, -0.2) is 50.6 Å². The third-order valence-corrected chi connectivity index (χ3v) is 7.41. The summed E-state index contributed by atoms with van der Waals surface area (Å²) in [5, 5.41) is 19.3.